The van der Waals surface area contributed by atoms with Crippen molar-refractivity contribution in [3.63, 3.8) is 0 Å². The molecule has 0 spiro atoms. The maximum absolute atomic E-state index is 13.1. The van der Waals surface area contributed by atoms with E-state index in [0.717, 1.165) is 0 Å². The number of nitrogens with zero attached hydrogens (tertiary/aromatic N) is 3. The molecule has 0 aliphatic carbocycles. The fourth-order valence-electron chi connectivity index (χ4n) is 3.90. The number of piperazine rings is 1. The summed E-state index contributed by atoms with van der Waals surface area (Å²) in [5.74, 6) is -0.0863. The molecule has 2 heterocycles. The third-order valence-electron chi connectivity index (χ3n) is 5.61. The summed E-state index contributed by atoms with van der Waals surface area (Å²) < 4.78 is 37.7. The van der Waals surface area contributed by atoms with Crippen LogP contribution < -0.4 is 4.74 Å². The Bertz CT molecular complexity index is 917. The number of hydrogen-bond donors (Lipinski definition) is 0. The summed E-state index contributed by atoms with van der Waals surface area (Å²) in [4.78, 5) is 28.2. The highest BCUT2D eigenvalue weighted by molar-refractivity contribution is 7.89. The second-order valence-corrected chi connectivity index (χ2v) is 9.85. The summed E-state index contributed by atoms with van der Waals surface area (Å²) in [7, 11) is -2.32. The fourth-order valence-corrected chi connectivity index (χ4v) is 5.77. The number of carbonyl (C=O) groups is 2. The van der Waals surface area contributed by atoms with Crippen LogP contribution in [0, 0.1) is 5.92 Å². The zero-order valence-corrected chi connectivity index (χ0v) is 19.3. The lowest BCUT2D eigenvalue weighted by Gasteiger charge is -2.38. The van der Waals surface area contributed by atoms with Crippen LogP contribution in [0.25, 0.3) is 0 Å². The summed E-state index contributed by atoms with van der Waals surface area (Å²) in [6.07, 6.45) is 0.858. The van der Waals surface area contributed by atoms with E-state index in [2.05, 4.69) is 0 Å². The number of hydrogen-bond acceptors (Lipinski definition) is 6. The molecular formula is C20H28ClN3O6S. The topological polar surface area (TPSA) is 96.5 Å². The summed E-state index contributed by atoms with van der Waals surface area (Å²) in [5.41, 5.74) is 0. The molecule has 2 saturated heterocycles. The summed E-state index contributed by atoms with van der Waals surface area (Å²) in [6, 6.07) is 4.35. The largest absolute Gasteiger partial charge is 0.495 e. The van der Waals surface area contributed by atoms with Crippen molar-refractivity contribution < 1.29 is 27.5 Å². The Labute approximate surface area is 187 Å². The molecule has 31 heavy (non-hydrogen) atoms. The van der Waals surface area contributed by atoms with Gasteiger partial charge in [-0.25, -0.2) is 13.2 Å². The molecular weight excluding hydrogens is 446 g/mol. The van der Waals surface area contributed by atoms with Crippen molar-refractivity contribution in [3.05, 3.63) is 23.2 Å². The van der Waals surface area contributed by atoms with Gasteiger partial charge in [-0.2, -0.15) is 4.31 Å². The van der Waals surface area contributed by atoms with E-state index >= 15 is 0 Å². The second kappa shape index (κ2) is 10.1. The van der Waals surface area contributed by atoms with E-state index < -0.39 is 15.9 Å². The Kier molecular flexibility index (Phi) is 7.66. The number of sulfonamides is 1. The minimum Gasteiger partial charge on any atom is -0.495 e. The quantitative estimate of drug-likeness (QED) is 0.649. The zero-order chi connectivity index (χ0) is 22.6. The number of amides is 2. The van der Waals surface area contributed by atoms with Crippen LogP contribution in [0.1, 0.15) is 19.8 Å². The highest BCUT2D eigenvalue weighted by atomic mass is 35.5. The molecule has 0 saturated carbocycles. The highest BCUT2D eigenvalue weighted by Crippen LogP contribution is 2.30. The van der Waals surface area contributed by atoms with Crippen LogP contribution >= 0.6 is 11.6 Å². The molecule has 1 atom stereocenters. The zero-order valence-electron chi connectivity index (χ0n) is 17.8. The van der Waals surface area contributed by atoms with Crippen LogP contribution in [0.15, 0.2) is 23.1 Å². The molecule has 1 unspecified atom stereocenters. The predicted molar refractivity (Wildman–Crippen MR) is 115 cm³/mol. The van der Waals surface area contributed by atoms with E-state index in [-0.39, 0.29) is 28.5 Å². The average molecular weight is 474 g/mol. The molecule has 0 bridgehead atoms. The van der Waals surface area contributed by atoms with Gasteiger partial charge in [-0.3, -0.25) is 4.79 Å². The number of halogens is 1. The van der Waals surface area contributed by atoms with Crippen molar-refractivity contribution in [2.45, 2.75) is 24.7 Å². The van der Waals surface area contributed by atoms with Crippen molar-refractivity contribution >= 4 is 33.6 Å². The van der Waals surface area contributed by atoms with Gasteiger partial charge in [0.25, 0.3) is 0 Å². The Morgan fingerprint density at radius 2 is 1.81 bits per heavy atom. The lowest BCUT2D eigenvalue weighted by atomic mass is 9.98. The van der Waals surface area contributed by atoms with E-state index in [9.17, 15) is 18.0 Å². The van der Waals surface area contributed by atoms with E-state index in [0.29, 0.717) is 57.9 Å². The Morgan fingerprint density at radius 3 is 2.42 bits per heavy atom. The molecule has 2 fully saturated rings. The maximum Gasteiger partial charge on any atom is 0.409 e. The van der Waals surface area contributed by atoms with Crippen molar-refractivity contribution in [3.8, 4) is 5.75 Å². The Morgan fingerprint density at radius 1 is 1.13 bits per heavy atom. The standard InChI is InChI=1S/C20H28ClN3O6S/c1-3-30-20(26)23-11-9-22(10-12-23)19(25)15-5-4-8-24(14-15)31(27,28)16-6-7-18(29-2)17(21)13-16/h6-7,13,15H,3-5,8-12,14H2,1-2H3. The van der Waals surface area contributed by atoms with Gasteiger partial charge in [-0.05, 0) is 38.0 Å². The minimum absolute atomic E-state index is 0.0730. The molecule has 2 amide bonds. The van der Waals surface area contributed by atoms with Crippen molar-refractivity contribution in [2.75, 3.05) is 53.0 Å². The normalized spacial score (nSPS) is 20.4. The van der Waals surface area contributed by atoms with Crippen molar-refractivity contribution in [2.24, 2.45) is 5.92 Å². The van der Waals surface area contributed by atoms with E-state index in [4.69, 9.17) is 21.1 Å². The Hall–Kier alpha value is -2.04. The van der Waals surface area contributed by atoms with Gasteiger partial charge in [0.15, 0.2) is 0 Å². The lowest BCUT2D eigenvalue weighted by Crippen LogP contribution is -2.54. The molecule has 0 radical (unpaired) electrons. The first-order valence-electron chi connectivity index (χ1n) is 10.3. The van der Waals surface area contributed by atoms with Crippen LogP contribution in [0.2, 0.25) is 5.02 Å². The molecule has 9 nitrogen and oxygen atoms in total. The number of ether oxygens (including phenoxy) is 2. The van der Waals surface area contributed by atoms with Crippen LogP contribution in [-0.4, -0.2) is 87.5 Å². The van der Waals surface area contributed by atoms with Crippen LogP contribution in [0.5, 0.6) is 5.75 Å². The lowest BCUT2D eigenvalue weighted by molar-refractivity contribution is -0.138. The Balaban J connectivity index is 1.64. The van der Waals surface area contributed by atoms with Crippen molar-refractivity contribution in [1.82, 2.24) is 14.1 Å². The molecule has 0 aromatic heterocycles. The number of carbonyl (C=O) groups excluding carboxylic acids is 2. The van der Waals surface area contributed by atoms with Gasteiger partial charge in [-0.15, -0.1) is 0 Å². The monoisotopic (exact) mass is 473 g/mol. The number of methoxy groups -OCH3 is 1. The molecule has 1 aromatic carbocycles. The maximum atomic E-state index is 13.1. The first kappa shape index (κ1) is 23.6. The first-order valence-corrected chi connectivity index (χ1v) is 12.1. The van der Waals surface area contributed by atoms with E-state index in [1.54, 1.807) is 16.7 Å². The van der Waals surface area contributed by atoms with Crippen LogP contribution in [-0.2, 0) is 19.6 Å². The average Bonchev–Trinajstić information content (AvgIpc) is 2.79. The molecule has 1 aromatic rings. The summed E-state index contributed by atoms with van der Waals surface area (Å²) in [5, 5.41) is 0.215. The molecule has 172 valence electrons. The van der Waals surface area contributed by atoms with Crippen LogP contribution in [0.4, 0.5) is 4.79 Å². The third-order valence-corrected chi connectivity index (χ3v) is 7.77. The third kappa shape index (κ3) is 5.24. The van der Waals surface area contributed by atoms with Gasteiger partial charge in [0.1, 0.15) is 5.75 Å². The van der Waals surface area contributed by atoms with Gasteiger partial charge in [0.05, 0.1) is 29.6 Å². The summed E-state index contributed by atoms with van der Waals surface area (Å²) in [6.45, 7) is 4.18. The van der Waals surface area contributed by atoms with E-state index in [1.165, 1.54) is 29.6 Å². The second-order valence-electron chi connectivity index (χ2n) is 7.51. The van der Waals surface area contributed by atoms with Gasteiger partial charge < -0.3 is 19.3 Å². The SMILES string of the molecule is CCOC(=O)N1CCN(C(=O)C2CCCN(S(=O)(=O)c3ccc(OC)c(Cl)c3)C2)CC1. The fraction of sp³-hybridized carbons (Fsp3) is 0.600. The molecule has 3 rings (SSSR count). The van der Waals surface area contributed by atoms with Gasteiger partial charge in [0, 0.05) is 39.3 Å². The molecule has 11 heteroatoms. The van der Waals surface area contributed by atoms with Crippen LogP contribution in [0.3, 0.4) is 0 Å². The van der Waals surface area contributed by atoms with Crippen molar-refractivity contribution in [1.29, 1.82) is 0 Å². The predicted octanol–water partition coefficient (Wildman–Crippen LogP) is 2.05. The van der Waals surface area contributed by atoms with Gasteiger partial charge >= 0.3 is 6.09 Å². The minimum atomic E-state index is -3.78. The van der Waals surface area contributed by atoms with Gasteiger partial charge in [-0.1, -0.05) is 11.6 Å². The number of benzene rings is 1. The van der Waals surface area contributed by atoms with Gasteiger partial charge in [0.2, 0.25) is 15.9 Å². The summed E-state index contributed by atoms with van der Waals surface area (Å²) >= 11 is 6.10. The number of piperidine rings is 1. The first-order chi connectivity index (χ1) is 14.8. The van der Waals surface area contributed by atoms with E-state index in [1.807, 2.05) is 0 Å². The molecule has 2 aliphatic rings. The highest BCUT2D eigenvalue weighted by Gasteiger charge is 2.36. The number of rotatable bonds is 5. The molecule has 0 N–H and O–H groups in total. The molecule has 2 aliphatic heterocycles. The smallest absolute Gasteiger partial charge is 0.409 e.